The SMILES string of the molecule is O=C(O)CCNC(=O)OCCCl. The van der Waals surface area contributed by atoms with E-state index in [9.17, 15) is 9.59 Å². The van der Waals surface area contributed by atoms with E-state index < -0.39 is 12.1 Å². The van der Waals surface area contributed by atoms with E-state index in [0.29, 0.717) is 0 Å². The molecule has 0 aliphatic heterocycles. The normalized spacial score (nSPS) is 9.08. The fourth-order valence-electron chi connectivity index (χ4n) is 0.454. The summed E-state index contributed by atoms with van der Waals surface area (Å²) >= 11 is 5.23. The van der Waals surface area contributed by atoms with E-state index in [2.05, 4.69) is 10.1 Å². The Balaban J connectivity index is 3.25. The van der Waals surface area contributed by atoms with Crippen LogP contribution in [0.1, 0.15) is 6.42 Å². The van der Waals surface area contributed by atoms with Gasteiger partial charge < -0.3 is 15.2 Å². The van der Waals surface area contributed by atoms with Crippen molar-refractivity contribution in [3.63, 3.8) is 0 Å². The third kappa shape index (κ3) is 7.14. The molecule has 0 spiro atoms. The topological polar surface area (TPSA) is 75.6 Å². The lowest BCUT2D eigenvalue weighted by molar-refractivity contribution is -0.136. The van der Waals surface area contributed by atoms with Gasteiger partial charge in [-0.3, -0.25) is 4.79 Å². The molecule has 2 N–H and O–H groups in total. The van der Waals surface area contributed by atoms with E-state index in [1.165, 1.54) is 0 Å². The zero-order valence-electron chi connectivity index (χ0n) is 6.38. The Morgan fingerprint density at radius 2 is 2.17 bits per heavy atom. The Bertz CT molecular complexity index is 162. The molecule has 0 aromatic rings. The molecule has 0 aliphatic carbocycles. The van der Waals surface area contributed by atoms with Crippen LogP contribution in [0, 0.1) is 0 Å². The first-order valence-corrected chi connectivity index (χ1v) is 3.88. The molecule has 0 unspecified atom stereocenters. The molecule has 70 valence electrons. The van der Waals surface area contributed by atoms with Crippen LogP contribution in [0.15, 0.2) is 0 Å². The summed E-state index contributed by atoms with van der Waals surface area (Å²) in [6.45, 7) is 0.191. The zero-order valence-corrected chi connectivity index (χ0v) is 7.13. The first-order valence-electron chi connectivity index (χ1n) is 3.35. The fourth-order valence-corrected chi connectivity index (χ4v) is 0.531. The highest BCUT2D eigenvalue weighted by atomic mass is 35.5. The quantitative estimate of drug-likeness (QED) is 0.624. The number of alkyl halides is 1. The maximum Gasteiger partial charge on any atom is 0.407 e. The van der Waals surface area contributed by atoms with E-state index >= 15 is 0 Å². The maximum atomic E-state index is 10.6. The lowest BCUT2D eigenvalue weighted by atomic mass is 10.4. The molecule has 0 aliphatic rings. The molecule has 0 aromatic carbocycles. The maximum absolute atomic E-state index is 10.6. The van der Waals surface area contributed by atoms with Crippen molar-refractivity contribution in [3.8, 4) is 0 Å². The summed E-state index contributed by atoms with van der Waals surface area (Å²) in [5.41, 5.74) is 0. The molecule has 0 saturated heterocycles. The van der Waals surface area contributed by atoms with Gasteiger partial charge in [-0.05, 0) is 0 Å². The van der Waals surface area contributed by atoms with Gasteiger partial charge >= 0.3 is 12.1 Å². The predicted molar refractivity (Wildman–Crippen MR) is 42.3 cm³/mol. The summed E-state index contributed by atoms with van der Waals surface area (Å²) in [5.74, 6) is -0.737. The minimum Gasteiger partial charge on any atom is -0.481 e. The Kier molecular flexibility index (Phi) is 6.18. The number of carbonyl (C=O) groups is 2. The number of carbonyl (C=O) groups excluding carboxylic acids is 1. The minimum absolute atomic E-state index is 0.0659. The molecule has 0 rings (SSSR count). The van der Waals surface area contributed by atoms with Crippen LogP contribution in [-0.2, 0) is 9.53 Å². The summed E-state index contributed by atoms with van der Waals surface area (Å²) in [5, 5.41) is 10.4. The van der Waals surface area contributed by atoms with E-state index in [4.69, 9.17) is 16.7 Å². The third-order valence-electron chi connectivity index (χ3n) is 0.919. The second-order valence-electron chi connectivity index (χ2n) is 1.90. The largest absolute Gasteiger partial charge is 0.481 e. The van der Waals surface area contributed by atoms with Crippen LogP contribution >= 0.6 is 11.6 Å². The van der Waals surface area contributed by atoms with Gasteiger partial charge in [-0.15, -0.1) is 11.6 Å². The van der Waals surface area contributed by atoms with Crippen molar-refractivity contribution >= 4 is 23.7 Å². The summed E-state index contributed by atoms with van der Waals surface area (Å²) in [6, 6.07) is 0. The van der Waals surface area contributed by atoms with Crippen LogP contribution in [0.25, 0.3) is 0 Å². The number of amides is 1. The molecule has 6 heteroatoms. The van der Waals surface area contributed by atoms with Crippen LogP contribution < -0.4 is 5.32 Å². The number of halogens is 1. The van der Waals surface area contributed by atoms with Crippen molar-refractivity contribution in [2.24, 2.45) is 0 Å². The number of hydrogen-bond acceptors (Lipinski definition) is 3. The standard InChI is InChI=1S/C6H10ClNO4/c7-2-4-12-6(11)8-3-1-5(9)10/h1-4H2,(H,8,11)(H,9,10). The molecule has 0 bridgehead atoms. The van der Waals surface area contributed by atoms with Crippen molar-refractivity contribution < 1.29 is 19.4 Å². The second-order valence-corrected chi connectivity index (χ2v) is 2.27. The van der Waals surface area contributed by atoms with Crippen LogP contribution in [-0.4, -0.2) is 36.2 Å². The monoisotopic (exact) mass is 195 g/mol. The fraction of sp³-hybridized carbons (Fsp3) is 0.667. The second kappa shape index (κ2) is 6.72. The Hall–Kier alpha value is -0.970. The first kappa shape index (κ1) is 11.0. The predicted octanol–water partition coefficient (Wildman–Crippen LogP) is 0.426. The molecule has 0 fully saturated rings. The molecular weight excluding hydrogens is 186 g/mol. The Morgan fingerprint density at radius 3 is 2.67 bits per heavy atom. The number of rotatable bonds is 5. The average Bonchev–Trinajstić information content (AvgIpc) is 2.00. The lowest BCUT2D eigenvalue weighted by Gasteiger charge is -2.02. The van der Waals surface area contributed by atoms with Gasteiger partial charge in [0.05, 0.1) is 12.3 Å². The Morgan fingerprint density at radius 1 is 1.50 bits per heavy atom. The van der Waals surface area contributed by atoms with Gasteiger partial charge in [0.2, 0.25) is 0 Å². The molecule has 0 aromatic heterocycles. The van der Waals surface area contributed by atoms with Crippen LogP contribution in [0.3, 0.4) is 0 Å². The van der Waals surface area contributed by atoms with Crippen LogP contribution in [0.4, 0.5) is 4.79 Å². The van der Waals surface area contributed by atoms with Crippen LogP contribution in [0.2, 0.25) is 0 Å². The van der Waals surface area contributed by atoms with Gasteiger partial charge in [0.1, 0.15) is 6.61 Å². The summed E-state index contributed by atoms with van der Waals surface area (Å²) in [4.78, 5) is 20.6. The van der Waals surface area contributed by atoms with E-state index in [-0.39, 0.29) is 25.5 Å². The van der Waals surface area contributed by atoms with Crippen molar-refractivity contribution in [1.29, 1.82) is 0 Å². The smallest absolute Gasteiger partial charge is 0.407 e. The highest BCUT2D eigenvalue weighted by molar-refractivity contribution is 6.18. The van der Waals surface area contributed by atoms with Crippen molar-refractivity contribution in [2.75, 3.05) is 19.0 Å². The first-order chi connectivity index (χ1) is 5.66. The van der Waals surface area contributed by atoms with Crippen molar-refractivity contribution in [3.05, 3.63) is 0 Å². The number of carboxylic acids is 1. The molecule has 12 heavy (non-hydrogen) atoms. The molecule has 0 atom stereocenters. The number of alkyl carbamates (subject to hydrolysis) is 1. The van der Waals surface area contributed by atoms with Gasteiger partial charge in [-0.2, -0.15) is 0 Å². The zero-order chi connectivity index (χ0) is 9.40. The highest BCUT2D eigenvalue weighted by Crippen LogP contribution is 1.82. The number of nitrogens with one attached hydrogen (secondary N) is 1. The number of aliphatic carboxylic acids is 1. The summed E-state index contributed by atoms with van der Waals surface area (Å²) in [7, 11) is 0. The third-order valence-corrected chi connectivity index (χ3v) is 1.07. The number of ether oxygens (including phenoxy) is 1. The minimum atomic E-state index is -0.965. The number of hydrogen-bond donors (Lipinski definition) is 2. The summed E-state index contributed by atoms with van der Waals surface area (Å²) < 4.78 is 4.50. The Labute approximate surface area is 74.6 Å². The highest BCUT2D eigenvalue weighted by Gasteiger charge is 2.01. The molecule has 5 nitrogen and oxygen atoms in total. The molecule has 0 radical (unpaired) electrons. The summed E-state index contributed by atoms with van der Waals surface area (Å²) in [6.07, 6.45) is -0.757. The molecule has 1 amide bonds. The molecule has 0 saturated carbocycles. The van der Waals surface area contributed by atoms with Gasteiger partial charge in [0.25, 0.3) is 0 Å². The number of carboxylic acid groups (broad SMARTS) is 1. The molecular formula is C6H10ClNO4. The average molecular weight is 196 g/mol. The lowest BCUT2D eigenvalue weighted by Crippen LogP contribution is -2.27. The van der Waals surface area contributed by atoms with Crippen molar-refractivity contribution in [1.82, 2.24) is 5.32 Å². The van der Waals surface area contributed by atoms with Gasteiger partial charge in [0, 0.05) is 6.54 Å². The van der Waals surface area contributed by atoms with Gasteiger partial charge in [-0.25, -0.2) is 4.79 Å². The van der Waals surface area contributed by atoms with Gasteiger partial charge in [-0.1, -0.05) is 0 Å². The van der Waals surface area contributed by atoms with E-state index in [0.717, 1.165) is 0 Å². The molecule has 0 heterocycles. The van der Waals surface area contributed by atoms with E-state index in [1.54, 1.807) is 0 Å². The van der Waals surface area contributed by atoms with Crippen molar-refractivity contribution in [2.45, 2.75) is 6.42 Å². The van der Waals surface area contributed by atoms with Gasteiger partial charge in [0.15, 0.2) is 0 Å². The van der Waals surface area contributed by atoms with Crippen LogP contribution in [0.5, 0.6) is 0 Å². The van der Waals surface area contributed by atoms with E-state index in [1.807, 2.05) is 0 Å².